The second-order valence-corrected chi connectivity index (χ2v) is 8.19. The summed E-state index contributed by atoms with van der Waals surface area (Å²) in [4.78, 5) is 26.7. The number of hydrogen-bond acceptors (Lipinski definition) is 4. The van der Waals surface area contributed by atoms with Gasteiger partial charge in [-0.25, -0.2) is 9.80 Å². The number of ether oxygens (including phenoxy) is 1. The number of hydrogen-bond donors (Lipinski definition) is 1. The molecule has 1 N–H and O–H groups in total. The number of urea groups is 1. The maximum Gasteiger partial charge on any atom is 0.317 e. The van der Waals surface area contributed by atoms with E-state index in [0.29, 0.717) is 11.4 Å². The van der Waals surface area contributed by atoms with Gasteiger partial charge in [-0.1, -0.05) is 35.9 Å². The summed E-state index contributed by atoms with van der Waals surface area (Å²) in [6, 6.07) is 14.4. The molecule has 1 heterocycles. The number of likely N-dealkylation sites (N-methyl/N-ethyl adjacent to an activating group) is 1. The predicted octanol–water partition coefficient (Wildman–Crippen LogP) is 4.08. The van der Waals surface area contributed by atoms with Gasteiger partial charge in [-0.2, -0.15) is 5.10 Å². The molecule has 3 amide bonds. The zero-order chi connectivity index (χ0) is 22.5. The van der Waals surface area contributed by atoms with Gasteiger partial charge < -0.3 is 15.0 Å². The fourth-order valence-electron chi connectivity index (χ4n) is 3.37. The van der Waals surface area contributed by atoms with Crippen molar-refractivity contribution in [1.29, 1.82) is 0 Å². The van der Waals surface area contributed by atoms with E-state index in [1.807, 2.05) is 50.2 Å². The number of carbonyl (C=O) groups excluding carboxylic acids is 2. The number of carbonyl (C=O) groups is 2. The Bertz CT molecular complexity index is 975. The van der Waals surface area contributed by atoms with E-state index in [4.69, 9.17) is 16.3 Å². The smallest absolute Gasteiger partial charge is 0.317 e. The Morgan fingerprint density at radius 2 is 1.97 bits per heavy atom. The van der Waals surface area contributed by atoms with E-state index in [9.17, 15) is 9.59 Å². The lowest BCUT2D eigenvalue weighted by molar-refractivity contribution is -0.133. The van der Waals surface area contributed by atoms with Crippen LogP contribution in [0.25, 0.3) is 0 Å². The lowest BCUT2D eigenvalue weighted by Gasteiger charge is -2.25. The molecule has 0 radical (unpaired) electrons. The third kappa shape index (κ3) is 5.55. The van der Waals surface area contributed by atoms with Crippen LogP contribution in [0.15, 0.2) is 53.6 Å². The molecular weight excluding hydrogens is 416 g/mol. The summed E-state index contributed by atoms with van der Waals surface area (Å²) < 4.78 is 5.32. The Morgan fingerprint density at radius 3 is 2.61 bits per heavy atom. The molecule has 0 saturated heterocycles. The number of methoxy groups -OCH3 is 1. The van der Waals surface area contributed by atoms with Crippen LogP contribution in [0.1, 0.15) is 37.4 Å². The number of nitrogens with one attached hydrogen (secondary N) is 1. The summed E-state index contributed by atoms with van der Waals surface area (Å²) in [6.45, 7) is 3.65. The molecule has 8 heteroatoms. The van der Waals surface area contributed by atoms with Gasteiger partial charge >= 0.3 is 6.03 Å². The van der Waals surface area contributed by atoms with Crippen molar-refractivity contribution in [2.24, 2.45) is 5.10 Å². The molecule has 1 aliphatic heterocycles. The van der Waals surface area contributed by atoms with Gasteiger partial charge in [0.15, 0.2) is 0 Å². The molecule has 0 aromatic heterocycles. The Balaban J connectivity index is 1.87. The van der Waals surface area contributed by atoms with Crippen LogP contribution in [0.4, 0.5) is 4.79 Å². The largest absolute Gasteiger partial charge is 0.497 e. The number of halogens is 1. The highest BCUT2D eigenvalue weighted by Gasteiger charge is 2.34. The third-order valence-electron chi connectivity index (χ3n) is 4.95. The van der Waals surface area contributed by atoms with Crippen molar-refractivity contribution in [3.05, 3.63) is 64.7 Å². The van der Waals surface area contributed by atoms with E-state index in [-0.39, 0.29) is 30.6 Å². The quantitative estimate of drug-likeness (QED) is 0.732. The molecule has 1 atom stereocenters. The first-order valence-corrected chi connectivity index (χ1v) is 10.5. The molecule has 2 aromatic rings. The van der Waals surface area contributed by atoms with Crippen LogP contribution >= 0.6 is 11.6 Å². The van der Waals surface area contributed by atoms with Crippen molar-refractivity contribution in [3.63, 3.8) is 0 Å². The van der Waals surface area contributed by atoms with Crippen molar-refractivity contribution in [2.45, 2.75) is 32.4 Å². The molecular formula is C23H27ClN4O3. The van der Waals surface area contributed by atoms with Gasteiger partial charge in [0.25, 0.3) is 5.91 Å². The summed E-state index contributed by atoms with van der Waals surface area (Å²) in [7, 11) is 3.20. The molecule has 0 aliphatic carbocycles. The maximum absolute atomic E-state index is 13.1. The summed E-state index contributed by atoms with van der Waals surface area (Å²) in [6.07, 6.45) is 0.544. The van der Waals surface area contributed by atoms with Crippen molar-refractivity contribution < 1.29 is 14.3 Å². The van der Waals surface area contributed by atoms with Gasteiger partial charge in [0.2, 0.25) is 0 Å². The Morgan fingerprint density at radius 1 is 1.26 bits per heavy atom. The summed E-state index contributed by atoms with van der Waals surface area (Å²) >= 11 is 6.05. The first-order valence-electron chi connectivity index (χ1n) is 10.1. The first kappa shape index (κ1) is 22.6. The average molecular weight is 443 g/mol. The zero-order valence-corrected chi connectivity index (χ0v) is 18.9. The number of nitrogens with zero attached hydrogens (tertiary/aromatic N) is 3. The minimum Gasteiger partial charge on any atom is -0.497 e. The molecule has 0 saturated carbocycles. The van der Waals surface area contributed by atoms with E-state index in [1.54, 1.807) is 26.3 Å². The van der Waals surface area contributed by atoms with Crippen molar-refractivity contribution >= 4 is 29.3 Å². The monoisotopic (exact) mass is 442 g/mol. The predicted molar refractivity (Wildman–Crippen MR) is 121 cm³/mol. The molecule has 0 bridgehead atoms. The minimum absolute atomic E-state index is 0.0173. The number of benzene rings is 2. The highest BCUT2D eigenvalue weighted by molar-refractivity contribution is 6.30. The van der Waals surface area contributed by atoms with Crippen LogP contribution in [0.5, 0.6) is 5.75 Å². The van der Waals surface area contributed by atoms with E-state index < -0.39 is 0 Å². The van der Waals surface area contributed by atoms with Gasteiger partial charge in [0.05, 0.1) is 18.9 Å². The first-order chi connectivity index (χ1) is 14.8. The van der Waals surface area contributed by atoms with E-state index in [1.165, 1.54) is 9.91 Å². The molecule has 164 valence electrons. The molecule has 31 heavy (non-hydrogen) atoms. The number of rotatable bonds is 6. The molecule has 3 rings (SSSR count). The van der Waals surface area contributed by atoms with Crippen LogP contribution in [0.3, 0.4) is 0 Å². The second-order valence-electron chi connectivity index (χ2n) is 7.75. The van der Waals surface area contributed by atoms with Crippen LogP contribution in [0, 0.1) is 0 Å². The summed E-state index contributed by atoms with van der Waals surface area (Å²) in [5.74, 6) is 0.456. The Labute approximate surface area is 187 Å². The van der Waals surface area contributed by atoms with Crippen molar-refractivity contribution in [2.75, 3.05) is 20.7 Å². The Kier molecular flexibility index (Phi) is 7.17. The lowest BCUT2D eigenvalue weighted by Crippen LogP contribution is -2.45. The fourth-order valence-corrected chi connectivity index (χ4v) is 3.49. The average Bonchev–Trinajstić information content (AvgIpc) is 3.19. The highest BCUT2D eigenvalue weighted by atomic mass is 35.5. The molecule has 0 spiro atoms. The second kappa shape index (κ2) is 9.83. The normalized spacial score (nSPS) is 15.6. The topological polar surface area (TPSA) is 74.2 Å². The van der Waals surface area contributed by atoms with Gasteiger partial charge in [0.1, 0.15) is 12.3 Å². The molecule has 0 fully saturated rings. The van der Waals surface area contributed by atoms with Crippen molar-refractivity contribution in [3.8, 4) is 5.75 Å². The summed E-state index contributed by atoms with van der Waals surface area (Å²) in [5, 5.41) is 9.52. The SMILES string of the molecule is COc1cccc(C2=NN(C(=O)CN(C)C(=O)NC(C)C)[C@H](c3ccc(Cl)cc3)C2)c1. The molecule has 7 nitrogen and oxygen atoms in total. The lowest BCUT2D eigenvalue weighted by atomic mass is 9.98. The molecule has 2 aromatic carbocycles. The summed E-state index contributed by atoms with van der Waals surface area (Å²) in [5.41, 5.74) is 2.59. The van der Waals surface area contributed by atoms with Gasteiger partial charge in [-0.05, 0) is 43.7 Å². The van der Waals surface area contributed by atoms with Crippen LogP contribution in [0.2, 0.25) is 5.02 Å². The van der Waals surface area contributed by atoms with Gasteiger partial charge in [0, 0.05) is 30.1 Å². The number of hydrazone groups is 1. The number of amides is 3. The van der Waals surface area contributed by atoms with E-state index in [0.717, 1.165) is 22.6 Å². The minimum atomic E-state index is -0.303. The zero-order valence-electron chi connectivity index (χ0n) is 18.1. The van der Waals surface area contributed by atoms with E-state index >= 15 is 0 Å². The maximum atomic E-state index is 13.1. The highest BCUT2D eigenvalue weighted by Crippen LogP contribution is 2.34. The van der Waals surface area contributed by atoms with E-state index in [2.05, 4.69) is 10.4 Å². The fraction of sp³-hybridized carbons (Fsp3) is 0.348. The Hall–Kier alpha value is -3.06. The molecule has 1 aliphatic rings. The van der Waals surface area contributed by atoms with Crippen molar-refractivity contribution in [1.82, 2.24) is 15.2 Å². The van der Waals surface area contributed by atoms with Gasteiger partial charge in [-0.15, -0.1) is 0 Å². The van der Waals surface area contributed by atoms with Crippen LogP contribution in [-0.2, 0) is 4.79 Å². The van der Waals surface area contributed by atoms with Gasteiger partial charge in [-0.3, -0.25) is 4.79 Å². The van der Waals surface area contributed by atoms with Crippen LogP contribution < -0.4 is 10.1 Å². The standard InChI is InChI=1S/C23H27ClN4O3/c1-15(2)25-23(30)27(3)14-22(29)28-21(16-8-10-18(24)11-9-16)13-20(26-28)17-6-5-7-19(12-17)31-4/h5-12,15,21H,13-14H2,1-4H3,(H,25,30)/t21-/m0/s1. The molecule has 0 unspecified atom stereocenters. The third-order valence-corrected chi connectivity index (χ3v) is 5.21. The van der Waals surface area contributed by atoms with Crippen LogP contribution in [-0.4, -0.2) is 54.3 Å².